The van der Waals surface area contributed by atoms with Crippen LogP contribution < -0.4 is 10.6 Å². The summed E-state index contributed by atoms with van der Waals surface area (Å²) >= 11 is 0. The molecular weight excluding hydrogens is 250 g/mol. The van der Waals surface area contributed by atoms with Crippen molar-refractivity contribution in [3.63, 3.8) is 0 Å². The maximum absolute atomic E-state index is 12.3. The summed E-state index contributed by atoms with van der Waals surface area (Å²) in [5.41, 5.74) is 0. The predicted molar refractivity (Wildman–Crippen MR) is 84.8 cm³/mol. The standard InChI is InChI=1S/C16H33N3O/c1-5-10-19(12-15-8-7-9-17-11-15)14(4)16(20)18-13(3)6-2/h13-15,17H,5-12H2,1-4H3,(H,18,20). The first-order valence-electron chi connectivity index (χ1n) is 8.33. The Hall–Kier alpha value is -0.610. The van der Waals surface area contributed by atoms with Gasteiger partial charge in [0.15, 0.2) is 0 Å². The molecular formula is C16H33N3O. The van der Waals surface area contributed by atoms with Crippen molar-refractivity contribution < 1.29 is 4.79 Å². The summed E-state index contributed by atoms with van der Waals surface area (Å²) in [6.45, 7) is 12.7. The molecule has 1 saturated heterocycles. The third-order valence-electron chi connectivity index (χ3n) is 4.33. The normalized spacial score (nSPS) is 22.6. The highest BCUT2D eigenvalue weighted by atomic mass is 16.2. The average molecular weight is 283 g/mol. The summed E-state index contributed by atoms with van der Waals surface area (Å²) < 4.78 is 0. The largest absolute Gasteiger partial charge is 0.352 e. The van der Waals surface area contributed by atoms with Crippen molar-refractivity contribution in [3.05, 3.63) is 0 Å². The highest BCUT2D eigenvalue weighted by molar-refractivity contribution is 5.81. The molecule has 0 aromatic rings. The molecule has 1 fully saturated rings. The van der Waals surface area contributed by atoms with Crippen molar-refractivity contribution >= 4 is 5.91 Å². The molecule has 3 unspecified atom stereocenters. The molecule has 118 valence electrons. The second kappa shape index (κ2) is 9.35. The fourth-order valence-electron chi connectivity index (χ4n) is 2.77. The maximum Gasteiger partial charge on any atom is 0.237 e. The van der Waals surface area contributed by atoms with E-state index in [1.165, 1.54) is 12.8 Å². The van der Waals surface area contributed by atoms with Crippen LogP contribution >= 0.6 is 0 Å². The smallest absolute Gasteiger partial charge is 0.237 e. The first kappa shape index (κ1) is 17.4. The summed E-state index contributed by atoms with van der Waals surface area (Å²) in [7, 11) is 0. The van der Waals surface area contributed by atoms with Crippen molar-refractivity contribution in [2.24, 2.45) is 5.92 Å². The van der Waals surface area contributed by atoms with Gasteiger partial charge in [-0.2, -0.15) is 0 Å². The molecule has 1 rings (SSSR count). The lowest BCUT2D eigenvalue weighted by atomic mass is 9.98. The van der Waals surface area contributed by atoms with E-state index in [4.69, 9.17) is 0 Å². The second-order valence-electron chi connectivity index (χ2n) is 6.20. The molecule has 1 amide bonds. The zero-order valence-corrected chi connectivity index (χ0v) is 13.7. The van der Waals surface area contributed by atoms with Crippen LogP contribution in [0, 0.1) is 5.92 Å². The first-order chi connectivity index (χ1) is 9.58. The lowest BCUT2D eigenvalue weighted by Gasteiger charge is -2.33. The summed E-state index contributed by atoms with van der Waals surface area (Å²) in [4.78, 5) is 14.7. The van der Waals surface area contributed by atoms with Gasteiger partial charge in [-0.3, -0.25) is 9.69 Å². The highest BCUT2D eigenvalue weighted by Gasteiger charge is 2.24. The predicted octanol–water partition coefficient (Wildman–Crippen LogP) is 2.00. The fourth-order valence-corrected chi connectivity index (χ4v) is 2.77. The Morgan fingerprint density at radius 3 is 2.70 bits per heavy atom. The molecule has 4 nitrogen and oxygen atoms in total. The van der Waals surface area contributed by atoms with Gasteiger partial charge < -0.3 is 10.6 Å². The second-order valence-corrected chi connectivity index (χ2v) is 6.20. The number of nitrogens with zero attached hydrogens (tertiary/aromatic N) is 1. The maximum atomic E-state index is 12.3. The zero-order chi connectivity index (χ0) is 15.0. The lowest BCUT2D eigenvalue weighted by molar-refractivity contribution is -0.126. The van der Waals surface area contributed by atoms with E-state index in [9.17, 15) is 4.79 Å². The minimum Gasteiger partial charge on any atom is -0.352 e. The number of hydrogen-bond donors (Lipinski definition) is 2. The number of amides is 1. The van der Waals surface area contributed by atoms with Crippen molar-refractivity contribution in [3.8, 4) is 0 Å². The number of carbonyl (C=O) groups is 1. The molecule has 0 aliphatic carbocycles. The topological polar surface area (TPSA) is 44.4 Å². The molecule has 0 radical (unpaired) electrons. The average Bonchev–Trinajstić information content (AvgIpc) is 2.46. The Morgan fingerprint density at radius 1 is 1.40 bits per heavy atom. The summed E-state index contributed by atoms with van der Waals surface area (Å²) in [6.07, 6.45) is 4.63. The molecule has 4 heteroatoms. The van der Waals surface area contributed by atoms with E-state index < -0.39 is 0 Å². The van der Waals surface area contributed by atoms with Gasteiger partial charge in [0, 0.05) is 12.6 Å². The first-order valence-corrected chi connectivity index (χ1v) is 8.33. The van der Waals surface area contributed by atoms with Crippen LogP contribution in [0.25, 0.3) is 0 Å². The molecule has 1 heterocycles. The van der Waals surface area contributed by atoms with Gasteiger partial charge in [0.2, 0.25) is 5.91 Å². The van der Waals surface area contributed by atoms with Gasteiger partial charge in [0.1, 0.15) is 0 Å². The van der Waals surface area contributed by atoms with E-state index in [1.807, 2.05) is 6.92 Å². The zero-order valence-electron chi connectivity index (χ0n) is 13.7. The van der Waals surface area contributed by atoms with E-state index >= 15 is 0 Å². The van der Waals surface area contributed by atoms with E-state index in [0.717, 1.165) is 39.0 Å². The van der Waals surface area contributed by atoms with Gasteiger partial charge >= 0.3 is 0 Å². The quantitative estimate of drug-likeness (QED) is 0.716. The van der Waals surface area contributed by atoms with Gasteiger partial charge in [-0.25, -0.2) is 0 Å². The number of hydrogen-bond acceptors (Lipinski definition) is 3. The fraction of sp³-hybridized carbons (Fsp3) is 0.938. The number of carbonyl (C=O) groups excluding carboxylic acids is 1. The van der Waals surface area contributed by atoms with Crippen LogP contribution in [0.4, 0.5) is 0 Å². The lowest BCUT2D eigenvalue weighted by Crippen LogP contribution is -2.50. The van der Waals surface area contributed by atoms with E-state index in [1.54, 1.807) is 0 Å². The Bertz CT molecular complexity index is 277. The Balaban J connectivity index is 2.51. The summed E-state index contributed by atoms with van der Waals surface area (Å²) in [5.74, 6) is 0.866. The van der Waals surface area contributed by atoms with Crippen molar-refractivity contribution in [2.75, 3.05) is 26.2 Å². The summed E-state index contributed by atoms with van der Waals surface area (Å²) in [6, 6.07) is 0.246. The molecule has 20 heavy (non-hydrogen) atoms. The SMILES string of the molecule is CCCN(CC1CCCNC1)C(C)C(=O)NC(C)CC. The number of nitrogens with one attached hydrogen (secondary N) is 2. The Labute approximate surface area is 124 Å². The molecule has 0 aromatic carbocycles. The molecule has 0 bridgehead atoms. The van der Waals surface area contributed by atoms with Crippen LogP contribution in [-0.4, -0.2) is 49.1 Å². The third-order valence-corrected chi connectivity index (χ3v) is 4.33. The molecule has 0 spiro atoms. The number of piperidine rings is 1. The molecule has 1 aliphatic rings. The third kappa shape index (κ3) is 5.80. The monoisotopic (exact) mass is 283 g/mol. The number of rotatable bonds is 8. The van der Waals surface area contributed by atoms with Crippen LogP contribution in [0.2, 0.25) is 0 Å². The van der Waals surface area contributed by atoms with Crippen molar-refractivity contribution in [2.45, 2.75) is 65.5 Å². The van der Waals surface area contributed by atoms with E-state index in [2.05, 4.69) is 36.3 Å². The van der Waals surface area contributed by atoms with Crippen LogP contribution in [0.3, 0.4) is 0 Å². The molecule has 2 N–H and O–H groups in total. The molecule has 0 saturated carbocycles. The van der Waals surface area contributed by atoms with Crippen molar-refractivity contribution in [1.82, 2.24) is 15.5 Å². The van der Waals surface area contributed by atoms with Gasteiger partial charge in [-0.1, -0.05) is 13.8 Å². The van der Waals surface area contributed by atoms with E-state index in [-0.39, 0.29) is 18.0 Å². The Kier molecular flexibility index (Phi) is 8.15. The van der Waals surface area contributed by atoms with Gasteiger partial charge in [-0.05, 0) is 65.1 Å². The van der Waals surface area contributed by atoms with Gasteiger partial charge in [-0.15, -0.1) is 0 Å². The van der Waals surface area contributed by atoms with Crippen molar-refractivity contribution in [1.29, 1.82) is 0 Å². The van der Waals surface area contributed by atoms with Gasteiger partial charge in [0.05, 0.1) is 6.04 Å². The van der Waals surface area contributed by atoms with Crippen LogP contribution in [-0.2, 0) is 4.79 Å². The highest BCUT2D eigenvalue weighted by Crippen LogP contribution is 2.14. The van der Waals surface area contributed by atoms with Crippen LogP contribution in [0.5, 0.6) is 0 Å². The van der Waals surface area contributed by atoms with Gasteiger partial charge in [0.25, 0.3) is 0 Å². The van der Waals surface area contributed by atoms with Crippen LogP contribution in [0.15, 0.2) is 0 Å². The minimum absolute atomic E-state index is 0.0223. The van der Waals surface area contributed by atoms with Crippen LogP contribution in [0.1, 0.15) is 53.4 Å². The summed E-state index contributed by atoms with van der Waals surface area (Å²) in [5, 5.41) is 6.57. The molecule has 1 aliphatic heterocycles. The minimum atomic E-state index is -0.0223. The molecule has 3 atom stereocenters. The molecule has 0 aromatic heterocycles. The van der Waals surface area contributed by atoms with E-state index in [0.29, 0.717) is 5.92 Å². The Morgan fingerprint density at radius 2 is 2.15 bits per heavy atom.